The number of nitrogens with zero attached hydrogens (tertiary/aromatic N) is 1. The van der Waals surface area contributed by atoms with Crippen molar-refractivity contribution < 1.29 is 0 Å². The third kappa shape index (κ3) is 2.89. The quantitative estimate of drug-likeness (QED) is 0.772. The predicted molar refractivity (Wildman–Crippen MR) is 89.2 cm³/mol. The van der Waals surface area contributed by atoms with Gasteiger partial charge in [-0.2, -0.15) is 0 Å². The SMILES string of the molecule is O=c1[nH]c(-c2cccc(Cl)c2Cl)nc(C2CCCC2)c1Br. The maximum Gasteiger partial charge on any atom is 0.265 e. The number of rotatable bonds is 2. The van der Waals surface area contributed by atoms with E-state index >= 15 is 0 Å². The Morgan fingerprint density at radius 2 is 1.95 bits per heavy atom. The zero-order valence-electron chi connectivity index (χ0n) is 11.1. The molecule has 21 heavy (non-hydrogen) atoms. The Hall–Kier alpha value is -0.840. The summed E-state index contributed by atoms with van der Waals surface area (Å²) in [5, 5.41) is 0.851. The maximum atomic E-state index is 12.2. The van der Waals surface area contributed by atoms with Crippen molar-refractivity contribution in [2.24, 2.45) is 0 Å². The van der Waals surface area contributed by atoms with Crippen molar-refractivity contribution in [2.75, 3.05) is 0 Å². The van der Waals surface area contributed by atoms with Crippen LogP contribution in [0.25, 0.3) is 11.4 Å². The minimum Gasteiger partial charge on any atom is -0.305 e. The lowest BCUT2D eigenvalue weighted by atomic mass is 10.0. The summed E-state index contributed by atoms with van der Waals surface area (Å²) in [5.41, 5.74) is 1.29. The molecule has 1 N–H and O–H groups in total. The van der Waals surface area contributed by atoms with Crippen LogP contribution in [0.3, 0.4) is 0 Å². The van der Waals surface area contributed by atoms with Crippen LogP contribution in [0.2, 0.25) is 10.0 Å². The van der Waals surface area contributed by atoms with E-state index in [1.54, 1.807) is 18.2 Å². The number of halogens is 3. The Kier molecular flexibility index (Phi) is 4.38. The molecule has 3 rings (SSSR count). The molecule has 1 fully saturated rings. The second-order valence-corrected chi connectivity index (χ2v) is 6.77. The zero-order chi connectivity index (χ0) is 15.0. The molecule has 2 aromatic rings. The van der Waals surface area contributed by atoms with Gasteiger partial charge >= 0.3 is 0 Å². The van der Waals surface area contributed by atoms with Crippen LogP contribution < -0.4 is 5.56 Å². The van der Waals surface area contributed by atoms with E-state index in [1.165, 1.54) is 12.8 Å². The lowest BCUT2D eigenvalue weighted by molar-refractivity contribution is 0.688. The van der Waals surface area contributed by atoms with Gasteiger partial charge in [0.2, 0.25) is 0 Å². The van der Waals surface area contributed by atoms with Gasteiger partial charge in [0.15, 0.2) is 0 Å². The number of H-pyrrole nitrogens is 1. The van der Waals surface area contributed by atoms with Crippen LogP contribution in [0.5, 0.6) is 0 Å². The standard InChI is InChI=1S/C15H13BrCl2N2O/c16-11-13(8-4-1-2-5-8)19-14(20-15(11)21)9-6-3-7-10(17)12(9)18/h3,6-8H,1-2,4-5H2,(H,19,20,21). The Morgan fingerprint density at radius 1 is 1.24 bits per heavy atom. The summed E-state index contributed by atoms with van der Waals surface area (Å²) in [6.07, 6.45) is 4.49. The molecule has 110 valence electrons. The summed E-state index contributed by atoms with van der Waals surface area (Å²) < 4.78 is 0.524. The normalized spacial score (nSPS) is 15.6. The van der Waals surface area contributed by atoms with Gasteiger partial charge in [0.1, 0.15) is 10.3 Å². The number of aromatic amines is 1. The van der Waals surface area contributed by atoms with Crippen LogP contribution in [-0.4, -0.2) is 9.97 Å². The molecule has 0 amide bonds. The van der Waals surface area contributed by atoms with E-state index in [-0.39, 0.29) is 5.56 Å². The molecule has 1 saturated carbocycles. The molecule has 1 aromatic heterocycles. The molecule has 3 nitrogen and oxygen atoms in total. The summed E-state index contributed by atoms with van der Waals surface area (Å²) in [6.45, 7) is 0. The van der Waals surface area contributed by atoms with E-state index in [0.29, 0.717) is 31.8 Å². The lowest BCUT2D eigenvalue weighted by Gasteiger charge is -2.13. The van der Waals surface area contributed by atoms with Crippen molar-refractivity contribution in [3.63, 3.8) is 0 Å². The summed E-state index contributed by atoms with van der Waals surface area (Å²) in [6, 6.07) is 5.31. The third-order valence-corrected chi connectivity index (χ3v) is 5.42. The van der Waals surface area contributed by atoms with Crippen molar-refractivity contribution >= 4 is 39.1 Å². The largest absolute Gasteiger partial charge is 0.305 e. The lowest BCUT2D eigenvalue weighted by Crippen LogP contribution is -2.15. The van der Waals surface area contributed by atoms with E-state index in [0.717, 1.165) is 18.5 Å². The van der Waals surface area contributed by atoms with Crippen LogP contribution in [0, 0.1) is 0 Å². The third-order valence-electron chi connectivity index (χ3n) is 3.84. The second kappa shape index (κ2) is 6.11. The minimum absolute atomic E-state index is 0.182. The van der Waals surface area contributed by atoms with E-state index in [9.17, 15) is 4.79 Å². The predicted octanol–water partition coefficient (Wildman–Crippen LogP) is 5.16. The molecule has 1 aromatic carbocycles. The molecule has 0 saturated heterocycles. The average molecular weight is 388 g/mol. The highest BCUT2D eigenvalue weighted by molar-refractivity contribution is 9.10. The molecule has 1 aliphatic carbocycles. The fourth-order valence-corrected chi connectivity index (χ4v) is 3.66. The number of hydrogen-bond acceptors (Lipinski definition) is 2. The highest BCUT2D eigenvalue weighted by Gasteiger charge is 2.23. The first kappa shape index (κ1) is 15.1. The molecule has 6 heteroatoms. The Bertz CT molecular complexity index is 739. The number of hydrogen-bond donors (Lipinski definition) is 1. The van der Waals surface area contributed by atoms with Crippen LogP contribution >= 0.6 is 39.1 Å². The molecule has 0 atom stereocenters. The summed E-state index contributed by atoms with van der Waals surface area (Å²) in [7, 11) is 0. The van der Waals surface area contributed by atoms with Crippen LogP contribution in [-0.2, 0) is 0 Å². The molecule has 0 spiro atoms. The van der Waals surface area contributed by atoms with Gasteiger partial charge in [-0.05, 0) is 40.9 Å². The van der Waals surface area contributed by atoms with Gasteiger partial charge in [-0.15, -0.1) is 0 Å². The first-order valence-electron chi connectivity index (χ1n) is 6.82. The van der Waals surface area contributed by atoms with Gasteiger partial charge < -0.3 is 4.98 Å². The molecule has 0 aliphatic heterocycles. The van der Waals surface area contributed by atoms with Gasteiger partial charge in [0, 0.05) is 11.5 Å². The first-order valence-corrected chi connectivity index (χ1v) is 8.37. The van der Waals surface area contributed by atoms with E-state index in [2.05, 4.69) is 25.9 Å². The van der Waals surface area contributed by atoms with Crippen molar-refractivity contribution in [3.05, 3.63) is 48.8 Å². The summed E-state index contributed by atoms with van der Waals surface area (Å²) in [4.78, 5) is 19.6. The molecule has 0 bridgehead atoms. The minimum atomic E-state index is -0.182. The van der Waals surface area contributed by atoms with Gasteiger partial charge in [-0.1, -0.05) is 42.1 Å². The summed E-state index contributed by atoms with van der Waals surface area (Å²) >= 11 is 15.6. The van der Waals surface area contributed by atoms with Crippen LogP contribution in [0.4, 0.5) is 0 Å². The molecular formula is C15H13BrCl2N2O. The molecule has 1 aliphatic rings. The highest BCUT2D eigenvalue weighted by Crippen LogP contribution is 2.37. The Balaban J connectivity index is 2.15. The fraction of sp³-hybridized carbons (Fsp3) is 0.333. The van der Waals surface area contributed by atoms with Crippen molar-refractivity contribution in [3.8, 4) is 11.4 Å². The zero-order valence-corrected chi connectivity index (χ0v) is 14.2. The number of benzene rings is 1. The maximum absolute atomic E-state index is 12.2. The Morgan fingerprint density at radius 3 is 2.67 bits per heavy atom. The average Bonchev–Trinajstić information content (AvgIpc) is 2.99. The topological polar surface area (TPSA) is 45.8 Å². The smallest absolute Gasteiger partial charge is 0.265 e. The second-order valence-electron chi connectivity index (χ2n) is 5.20. The monoisotopic (exact) mass is 386 g/mol. The van der Waals surface area contributed by atoms with Crippen molar-refractivity contribution in [1.29, 1.82) is 0 Å². The molecule has 1 heterocycles. The van der Waals surface area contributed by atoms with E-state index in [4.69, 9.17) is 23.2 Å². The van der Waals surface area contributed by atoms with Crippen molar-refractivity contribution in [1.82, 2.24) is 9.97 Å². The summed E-state index contributed by atoms with van der Waals surface area (Å²) in [5.74, 6) is 0.802. The van der Waals surface area contributed by atoms with Gasteiger partial charge in [0.25, 0.3) is 5.56 Å². The van der Waals surface area contributed by atoms with E-state index < -0.39 is 0 Å². The molecule has 0 radical (unpaired) electrons. The van der Waals surface area contributed by atoms with Gasteiger partial charge in [-0.3, -0.25) is 4.79 Å². The molecule has 0 unspecified atom stereocenters. The van der Waals surface area contributed by atoms with Gasteiger partial charge in [-0.25, -0.2) is 4.98 Å². The highest BCUT2D eigenvalue weighted by atomic mass is 79.9. The van der Waals surface area contributed by atoms with E-state index in [1.807, 2.05) is 0 Å². The van der Waals surface area contributed by atoms with Crippen molar-refractivity contribution in [2.45, 2.75) is 31.6 Å². The number of aromatic nitrogens is 2. The van der Waals surface area contributed by atoms with Crippen LogP contribution in [0.15, 0.2) is 27.5 Å². The van der Waals surface area contributed by atoms with Crippen LogP contribution in [0.1, 0.15) is 37.3 Å². The number of nitrogens with one attached hydrogen (secondary N) is 1. The Labute approximate surface area is 140 Å². The van der Waals surface area contributed by atoms with Gasteiger partial charge in [0.05, 0.1) is 15.7 Å². The first-order chi connectivity index (χ1) is 10.1. The molecular weight excluding hydrogens is 375 g/mol. The fourth-order valence-electron chi connectivity index (χ4n) is 2.76.